The third kappa shape index (κ3) is 5.43. The first-order valence-corrected chi connectivity index (χ1v) is 13.8. The lowest BCUT2D eigenvalue weighted by molar-refractivity contribution is -0.138. The molecule has 1 atom stereocenters. The van der Waals surface area contributed by atoms with E-state index >= 15 is 0 Å². The van der Waals surface area contributed by atoms with E-state index in [4.69, 9.17) is 15.0 Å². The second kappa shape index (κ2) is 11.2. The molecule has 0 amide bonds. The number of piperidine rings is 1. The van der Waals surface area contributed by atoms with Crippen LogP contribution in [0.2, 0.25) is 0 Å². The van der Waals surface area contributed by atoms with Gasteiger partial charge in [-0.25, -0.2) is 9.18 Å². The molecule has 4 aromatic rings. The highest BCUT2D eigenvalue weighted by atomic mass is 19.4. The number of hydrogen-bond acceptors (Lipinski definition) is 7. The van der Waals surface area contributed by atoms with E-state index in [0.29, 0.717) is 38.0 Å². The largest absolute Gasteiger partial charge is 0.416 e. The van der Waals surface area contributed by atoms with Crippen molar-refractivity contribution < 1.29 is 26.8 Å². The summed E-state index contributed by atoms with van der Waals surface area (Å²) in [4.78, 5) is 30.1. The van der Waals surface area contributed by atoms with Crippen LogP contribution in [-0.4, -0.2) is 32.3 Å². The topological polar surface area (TPSA) is 109 Å². The molecule has 0 unspecified atom stereocenters. The Balaban J connectivity index is 1.44. The molecule has 6 rings (SSSR count). The average Bonchev–Trinajstić information content (AvgIpc) is 3.63. The molecule has 226 valence electrons. The summed E-state index contributed by atoms with van der Waals surface area (Å²) in [7, 11) is 0. The predicted molar refractivity (Wildman–Crippen MR) is 146 cm³/mol. The second-order valence-corrected chi connectivity index (χ2v) is 10.9. The lowest BCUT2D eigenvalue weighted by atomic mass is 9.85. The normalized spacial score (nSPS) is 17.3. The Morgan fingerprint density at radius 1 is 0.977 bits per heavy atom. The molecular formula is C30H29F4N5O4. The molecule has 2 aliphatic heterocycles. The Morgan fingerprint density at radius 3 is 2.40 bits per heavy atom. The monoisotopic (exact) mass is 599 g/mol. The van der Waals surface area contributed by atoms with Crippen LogP contribution < -0.4 is 17.0 Å². The third-order valence-corrected chi connectivity index (χ3v) is 8.36. The fraction of sp³-hybridized carbons (Fsp3) is 0.367. The van der Waals surface area contributed by atoms with Crippen LogP contribution in [0.3, 0.4) is 0 Å². The van der Waals surface area contributed by atoms with Gasteiger partial charge in [-0.05, 0) is 30.5 Å². The highest BCUT2D eigenvalue weighted by Crippen LogP contribution is 2.43. The van der Waals surface area contributed by atoms with Gasteiger partial charge in [-0.1, -0.05) is 41.6 Å². The Labute approximate surface area is 243 Å². The zero-order valence-electron chi connectivity index (χ0n) is 23.0. The van der Waals surface area contributed by atoms with E-state index in [1.54, 1.807) is 36.4 Å². The molecule has 1 spiro atoms. The van der Waals surface area contributed by atoms with E-state index in [-0.39, 0.29) is 24.4 Å². The average molecular weight is 600 g/mol. The number of alkyl halides is 3. The van der Waals surface area contributed by atoms with Crippen molar-refractivity contribution in [2.24, 2.45) is 5.73 Å². The Hall–Kier alpha value is -4.07. The minimum absolute atomic E-state index is 0.154. The number of benzene rings is 2. The molecule has 0 saturated carbocycles. The van der Waals surface area contributed by atoms with Crippen molar-refractivity contribution in [1.29, 1.82) is 0 Å². The van der Waals surface area contributed by atoms with Crippen LogP contribution >= 0.6 is 0 Å². The number of fused-ring (bicyclic) bond motifs is 2. The van der Waals surface area contributed by atoms with E-state index in [1.165, 1.54) is 6.26 Å². The maximum atomic E-state index is 15.0. The van der Waals surface area contributed by atoms with Gasteiger partial charge in [-0.2, -0.15) is 13.2 Å². The lowest BCUT2D eigenvalue weighted by Gasteiger charge is -2.38. The van der Waals surface area contributed by atoms with Crippen molar-refractivity contribution in [3.63, 3.8) is 0 Å². The summed E-state index contributed by atoms with van der Waals surface area (Å²) < 4.78 is 69.8. The van der Waals surface area contributed by atoms with Gasteiger partial charge in [0.05, 0.1) is 42.2 Å². The van der Waals surface area contributed by atoms with Crippen molar-refractivity contribution in [3.05, 3.63) is 121 Å². The zero-order valence-corrected chi connectivity index (χ0v) is 23.0. The van der Waals surface area contributed by atoms with E-state index in [9.17, 15) is 27.2 Å². The molecule has 4 heterocycles. The molecular weight excluding hydrogens is 570 g/mol. The molecule has 1 fully saturated rings. The van der Waals surface area contributed by atoms with Gasteiger partial charge in [0.25, 0.3) is 5.56 Å². The summed E-state index contributed by atoms with van der Waals surface area (Å²) in [5.41, 5.74) is 3.75. The van der Waals surface area contributed by atoms with E-state index in [1.807, 2.05) is 0 Å². The van der Waals surface area contributed by atoms with Crippen LogP contribution in [0.15, 0.2) is 75.0 Å². The van der Waals surface area contributed by atoms with Crippen molar-refractivity contribution in [2.75, 3.05) is 13.1 Å². The van der Waals surface area contributed by atoms with E-state index in [0.717, 1.165) is 33.0 Å². The molecule has 0 bridgehead atoms. The summed E-state index contributed by atoms with van der Waals surface area (Å²) in [6.45, 7) is 0.445. The van der Waals surface area contributed by atoms with Crippen molar-refractivity contribution in [1.82, 2.24) is 19.2 Å². The van der Waals surface area contributed by atoms with Crippen LogP contribution in [0.25, 0.3) is 0 Å². The van der Waals surface area contributed by atoms with Gasteiger partial charge < -0.3 is 15.0 Å². The first-order valence-electron chi connectivity index (χ1n) is 13.8. The number of ether oxygens (including phenoxy) is 1. The van der Waals surface area contributed by atoms with Gasteiger partial charge >= 0.3 is 11.9 Å². The highest BCUT2D eigenvalue weighted by molar-refractivity contribution is 5.35. The number of aromatic nitrogens is 3. The molecule has 1 saturated heterocycles. The van der Waals surface area contributed by atoms with Gasteiger partial charge in [0.15, 0.2) is 0 Å². The highest BCUT2D eigenvalue weighted by Gasteiger charge is 2.47. The number of halogens is 4. The van der Waals surface area contributed by atoms with Crippen LogP contribution in [0, 0.1) is 5.82 Å². The van der Waals surface area contributed by atoms with Gasteiger partial charge in [0.2, 0.25) is 0 Å². The lowest BCUT2D eigenvalue weighted by Crippen LogP contribution is -2.49. The number of likely N-dealkylation sites (tertiary alicyclic amines) is 1. The molecule has 9 nitrogen and oxygen atoms in total. The predicted octanol–water partition coefficient (Wildman–Crippen LogP) is 3.93. The van der Waals surface area contributed by atoms with Crippen LogP contribution in [0.4, 0.5) is 17.6 Å². The quantitative estimate of drug-likeness (QED) is 0.321. The summed E-state index contributed by atoms with van der Waals surface area (Å²) in [6, 6.07) is 12.5. The smallest absolute Gasteiger partial charge is 0.364 e. The zero-order chi connectivity index (χ0) is 30.4. The van der Waals surface area contributed by atoms with Crippen molar-refractivity contribution in [2.45, 2.75) is 56.9 Å². The van der Waals surface area contributed by atoms with Crippen molar-refractivity contribution in [3.8, 4) is 0 Å². The summed E-state index contributed by atoms with van der Waals surface area (Å²) in [5.74, 6) is -1.11. The standard InChI is InChI=1S/C30H29F4N5O4/c31-23-8-4-7-22(30(32,33)34)21(23)16-38-25-18-42-29(10-12-37(13-11-29)15-20-9-14-43-36-20)26(25)27(40)39(28(38)41)17-24(35)19-5-2-1-3-6-19/h1-9,14,24H,10-13,15-18,35H2/t24-/m0/s1. The van der Waals surface area contributed by atoms with Crippen molar-refractivity contribution >= 4 is 0 Å². The summed E-state index contributed by atoms with van der Waals surface area (Å²) in [5, 5.41) is 3.94. The molecule has 2 aromatic carbocycles. The Bertz CT molecular complexity index is 1730. The van der Waals surface area contributed by atoms with Crippen LogP contribution in [0.1, 0.15) is 52.5 Å². The maximum Gasteiger partial charge on any atom is 0.416 e. The number of nitrogens with zero attached hydrogens (tertiary/aromatic N) is 4. The third-order valence-electron chi connectivity index (χ3n) is 8.36. The number of rotatable bonds is 7. The molecule has 2 aliphatic rings. The first kappa shape index (κ1) is 29.0. The minimum atomic E-state index is -4.86. The molecule has 13 heteroatoms. The maximum absolute atomic E-state index is 15.0. The molecule has 2 N–H and O–H groups in total. The number of nitrogens with two attached hydrogens (primary N) is 1. The minimum Gasteiger partial charge on any atom is -0.364 e. The fourth-order valence-electron chi connectivity index (χ4n) is 6.11. The fourth-order valence-corrected chi connectivity index (χ4v) is 6.11. The van der Waals surface area contributed by atoms with Crippen LogP contribution in [0.5, 0.6) is 0 Å². The van der Waals surface area contributed by atoms with Gasteiger partial charge in [0, 0.05) is 37.3 Å². The number of hydrogen-bond donors (Lipinski definition) is 1. The summed E-state index contributed by atoms with van der Waals surface area (Å²) >= 11 is 0. The molecule has 0 aliphatic carbocycles. The molecule has 0 radical (unpaired) electrons. The molecule has 43 heavy (non-hydrogen) atoms. The van der Waals surface area contributed by atoms with E-state index < -0.39 is 52.6 Å². The molecule has 2 aromatic heterocycles. The van der Waals surface area contributed by atoms with Gasteiger partial charge in [-0.15, -0.1) is 0 Å². The Kier molecular flexibility index (Phi) is 7.57. The van der Waals surface area contributed by atoms with Gasteiger partial charge in [-0.3, -0.25) is 18.8 Å². The SMILES string of the molecule is N[C@@H](Cn1c(=O)c2c(n(Cc3c(F)cccc3C(F)(F)F)c1=O)COC21CCN(Cc2ccon2)CC1)c1ccccc1. The van der Waals surface area contributed by atoms with Crippen LogP contribution in [-0.2, 0) is 42.8 Å². The second-order valence-electron chi connectivity index (χ2n) is 10.9. The van der Waals surface area contributed by atoms with Gasteiger partial charge in [0.1, 0.15) is 17.7 Å². The Morgan fingerprint density at radius 2 is 1.72 bits per heavy atom. The van der Waals surface area contributed by atoms with E-state index in [2.05, 4.69) is 10.1 Å². The summed E-state index contributed by atoms with van der Waals surface area (Å²) in [6.07, 6.45) is -2.59. The first-order chi connectivity index (χ1) is 20.6.